The molecule has 1 aliphatic rings. The van der Waals surface area contributed by atoms with Crippen molar-refractivity contribution in [2.75, 3.05) is 44.6 Å². The summed E-state index contributed by atoms with van der Waals surface area (Å²) in [5, 5.41) is 3.11. The smallest absolute Gasteiger partial charge is 0.409 e. The van der Waals surface area contributed by atoms with E-state index in [9.17, 15) is 9.59 Å². The van der Waals surface area contributed by atoms with Crippen molar-refractivity contribution in [2.45, 2.75) is 40.0 Å². The minimum absolute atomic E-state index is 0.0495. The maximum absolute atomic E-state index is 12.4. The van der Waals surface area contributed by atoms with Gasteiger partial charge in [-0.1, -0.05) is 32.0 Å². The molecule has 0 saturated carbocycles. The number of aryl methyl sites for hydroxylation is 2. The van der Waals surface area contributed by atoms with Gasteiger partial charge in [0.15, 0.2) is 0 Å². The van der Waals surface area contributed by atoms with Gasteiger partial charge in [-0.15, -0.1) is 0 Å². The molecule has 1 heterocycles. The second kappa shape index (κ2) is 10.2. The number of hydrogen-bond acceptors (Lipinski definition) is 4. The van der Waals surface area contributed by atoms with E-state index in [1.54, 1.807) is 4.90 Å². The Morgan fingerprint density at radius 3 is 2.19 bits per heavy atom. The number of ether oxygens (including phenoxy) is 1. The molecule has 0 spiro atoms. The Morgan fingerprint density at radius 2 is 1.65 bits per heavy atom. The molecule has 0 atom stereocenters. The van der Waals surface area contributed by atoms with Crippen LogP contribution in [-0.2, 0) is 22.4 Å². The van der Waals surface area contributed by atoms with Crippen molar-refractivity contribution in [3.05, 3.63) is 29.3 Å². The van der Waals surface area contributed by atoms with E-state index < -0.39 is 0 Å². The normalized spacial score (nSPS) is 15.0. The molecule has 6 nitrogen and oxygen atoms in total. The second-order valence-electron chi connectivity index (χ2n) is 6.48. The molecule has 0 aromatic heterocycles. The van der Waals surface area contributed by atoms with Gasteiger partial charge in [-0.25, -0.2) is 4.79 Å². The summed E-state index contributed by atoms with van der Waals surface area (Å²) in [6, 6.07) is 6.20. The maximum Gasteiger partial charge on any atom is 0.409 e. The van der Waals surface area contributed by atoms with Crippen LogP contribution in [0.5, 0.6) is 0 Å². The third-order valence-corrected chi connectivity index (χ3v) is 4.82. The molecule has 1 aliphatic heterocycles. The molecule has 1 aromatic rings. The highest BCUT2D eigenvalue weighted by molar-refractivity contribution is 5.92. The van der Waals surface area contributed by atoms with E-state index in [1.807, 2.05) is 6.92 Å². The first-order valence-electron chi connectivity index (χ1n) is 9.63. The minimum atomic E-state index is -0.242. The summed E-state index contributed by atoms with van der Waals surface area (Å²) in [6.45, 7) is 9.98. The lowest BCUT2D eigenvalue weighted by atomic mass is 10.0. The van der Waals surface area contributed by atoms with E-state index in [0.29, 0.717) is 32.7 Å². The van der Waals surface area contributed by atoms with Gasteiger partial charge in [-0.05, 0) is 30.9 Å². The SMILES string of the molecule is CCOC(=O)N1CCN(CCC(=O)Nc2c(CC)cccc2CC)CC1. The third-order valence-electron chi connectivity index (χ3n) is 4.82. The van der Waals surface area contributed by atoms with E-state index in [2.05, 4.69) is 42.3 Å². The van der Waals surface area contributed by atoms with E-state index in [1.165, 1.54) is 11.1 Å². The quantitative estimate of drug-likeness (QED) is 0.811. The van der Waals surface area contributed by atoms with Gasteiger partial charge in [-0.2, -0.15) is 0 Å². The first-order chi connectivity index (χ1) is 12.6. The Balaban J connectivity index is 1.81. The number of para-hydroxylation sites is 1. The third kappa shape index (κ3) is 5.46. The Bertz CT molecular complexity index is 588. The van der Waals surface area contributed by atoms with Gasteiger partial charge in [0.05, 0.1) is 6.61 Å². The molecule has 26 heavy (non-hydrogen) atoms. The molecule has 2 rings (SSSR count). The number of nitrogens with zero attached hydrogens (tertiary/aromatic N) is 2. The van der Waals surface area contributed by atoms with E-state index in [0.717, 1.165) is 31.6 Å². The summed E-state index contributed by atoms with van der Waals surface area (Å²) in [7, 11) is 0. The zero-order valence-electron chi connectivity index (χ0n) is 16.2. The molecule has 1 aromatic carbocycles. The van der Waals surface area contributed by atoms with Crippen LogP contribution in [0.2, 0.25) is 0 Å². The van der Waals surface area contributed by atoms with Crippen LogP contribution >= 0.6 is 0 Å². The van der Waals surface area contributed by atoms with Crippen LogP contribution in [0.15, 0.2) is 18.2 Å². The highest BCUT2D eigenvalue weighted by Crippen LogP contribution is 2.22. The predicted molar refractivity (Wildman–Crippen MR) is 103 cm³/mol. The van der Waals surface area contributed by atoms with Crippen molar-refractivity contribution in [3.63, 3.8) is 0 Å². The van der Waals surface area contributed by atoms with Crippen molar-refractivity contribution < 1.29 is 14.3 Å². The van der Waals surface area contributed by atoms with Crippen LogP contribution in [0.1, 0.15) is 38.3 Å². The first-order valence-corrected chi connectivity index (χ1v) is 9.63. The average Bonchev–Trinajstić information content (AvgIpc) is 2.67. The van der Waals surface area contributed by atoms with Crippen LogP contribution < -0.4 is 5.32 Å². The molecule has 1 fully saturated rings. The van der Waals surface area contributed by atoms with Gasteiger partial charge in [0, 0.05) is 44.8 Å². The van der Waals surface area contributed by atoms with Crippen molar-refractivity contribution in [3.8, 4) is 0 Å². The number of piperazine rings is 1. The molecule has 0 radical (unpaired) electrons. The predicted octanol–water partition coefficient (Wildman–Crippen LogP) is 2.91. The van der Waals surface area contributed by atoms with Crippen molar-refractivity contribution in [2.24, 2.45) is 0 Å². The van der Waals surface area contributed by atoms with E-state index in [-0.39, 0.29) is 12.0 Å². The Hall–Kier alpha value is -2.08. The van der Waals surface area contributed by atoms with E-state index >= 15 is 0 Å². The molecular formula is C20H31N3O3. The number of carbonyl (C=O) groups is 2. The summed E-state index contributed by atoms with van der Waals surface area (Å²) in [6.07, 6.45) is 2.02. The zero-order valence-corrected chi connectivity index (χ0v) is 16.2. The standard InChI is InChI=1S/C20H31N3O3/c1-4-16-8-7-9-17(5-2)19(16)21-18(24)10-11-22-12-14-23(15-13-22)20(25)26-6-3/h7-9H,4-6,10-15H2,1-3H3,(H,21,24). The van der Waals surface area contributed by atoms with Crippen LogP contribution in [-0.4, -0.2) is 61.1 Å². The summed E-state index contributed by atoms with van der Waals surface area (Å²) in [4.78, 5) is 28.1. The Labute approximate surface area is 156 Å². The molecule has 6 heteroatoms. The van der Waals surface area contributed by atoms with Gasteiger partial charge in [0.1, 0.15) is 0 Å². The number of rotatable bonds is 7. The van der Waals surface area contributed by atoms with Gasteiger partial charge >= 0.3 is 6.09 Å². The second-order valence-corrected chi connectivity index (χ2v) is 6.48. The van der Waals surface area contributed by atoms with E-state index in [4.69, 9.17) is 4.74 Å². The minimum Gasteiger partial charge on any atom is -0.450 e. The van der Waals surface area contributed by atoms with Crippen molar-refractivity contribution >= 4 is 17.7 Å². The fourth-order valence-electron chi connectivity index (χ4n) is 3.23. The first kappa shape index (κ1) is 20.2. The van der Waals surface area contributed by atoms with Crippen LogP contribution in [0.4, 0.5) is 10.5 Å². The van der Waals surface area contributed by atoms with Gasteiger partial charge in [-0.3, -0.25) is 9.69 Å². The molecule has 144 valence electrons. The molecule has 1 N–H and O–H groups in total. The molecule has 1 saturated heterocycles. The van der Waals surface area contributed by atoms with Crippen LogP contribution in [0, 0.1) is 0 Å². The number of anilines is 1. The number of carbonyl (C=O) groups excluding carboxylic acids is 2. The number of hydrogen-bond donors (Lipinski definition) is 1. The van der Waals surface area contributed by atoms with Gasteiger partial charge < -0.3 is 15.0 Å². The molecule has 0 aliphatic carbocycles. The number of nitrogens with one attached hydrogen (secondary N) is 1. The van der Waals surface area contributed by atoms with Gasteiger partial charge in [0.2, 0.25) is 5.91 Å². The lowest BCUT2D eigenvalue weighted by Gasteiger charge is -2.33. The van der Waals surface area contributed by atoms with Crippen molar-refractivity contribution in [1.82, 2.24) is 9.80 Å². The lowest BCUT2D eigenvalue weighted by Crippen LogP contribution is -2.49. The topological polar surface area (TPSA) is 61.9 Å². The number of amides is 2. The number of benzene rings is 1. The average molecular weight is 361 g/mol. The fraction of sp³-hybridized carbons (Fsp3) is 0.600. The monoisotopic (exact) mass is 361 g/mol. The molecule has 0 bridgehead atoms. The Morgan fingerprint density at radius 1 is 1.04 bits per heavy atom. The fourth-order valence-corrected chi connectivity index (χ4v) is 3.23. The summed E-state index contributed by atoms with van der Waals surface area (Å²) in [5.41, 5.74) is 3.34. The van der Waals surface area contributed by atoms with Crippen LogP contribution in [0.3, 0.4) is 0 Å². The van der Waals surface area contributed by atoms with Gasteiger partial charge in [0.25, 0.3) is 0 Å². The Kier molecular flexibility index (Phi) is 7.91. The zero-order chi connectivity index (χ0) is 18.9. The highest BCUT2D eigenvalue weighted by atomic mass is 16.6. The van der Waals surface area contributed by atoms with Crippen LogP contribution in [0.25, 0.3) is 0 Å². The highest BCUT2D eigenvalue weighted by Gasteiger charge is 2.22. The summed E-state index contributed by atoms with van der Waals surface area (Å²) in [5.74, 6) is 0.0495. The molecule has 0 unspecified atom stereocenters. The molecule has 2 amide bonds. The maximum atomic E-state index is 12.4. The molecular weight excluding hydrogens is 330 g/mol. The largest absolute Gasteiger partial charge is 0.450 e. The van der Waals surface area contributed by atoms with Crippen molar-refractivity contribution in [1.29, 1.82) is 0 Å². The summed E-state index contributed by atoms with van der Waals surface area (Å²) >= 11 is 0. The summed E-state index contributed by atoms with van der Waals surface area (Å²) < 4.78 is 5.03. The lowest BCUT2D eigenvalue weighted by molar-refractivity contribution is -0.116.